The molecule has 0 aromatic carbocycles. The van der Waals surface area contributed by atoms with Crippen LogP contribution in [0.2, 0.25) is 0 Å². The number of oxazole rings is 1. The van der Waals surface area contributed by atoms with Crippen LogP contribution in [0.5, 0.6) is 0 Å². The first-order valence-electron chi connectivity index (χ1n) is 9.53. The van der Waals surface area contributed by atoms with Crippen molar-refractivity contribution in [1.82, 2.24) is 14.9 Å². The average Bonchev–Trinajstić information content (AvgIpc) is 3.38. The number of aryl methyl sites for hydroxylation is 1. The van der Waals surface area contributed by atoms with E-state index in [4.69, 9.17) is 4.42 Å². The molecule has 3 aromatic heterocycles. The summed E-state index contributed by atoms with van der Waals surface area (Å²) in [5, 5.41) is 7.55. The number of carbonyl (C=O) groups excluding carboxylic acids is 1. The topological polar surface area (TPSA) is 71.3 Å². The Morgan fingerprint density at radius 1 is 1.39 bits per heavy atom. The van der Waals surface area contributed by atoms with Crippen LogP contribution < -0.4 is 5.32 Å². The minimum atomic E-state index is -0.123. The highest BCUT2D eigenvalue weighted by Crippen LogP contribution is 2.26. The third-order valence-corrected chi connectivity index (χ3v) is 6.54. The van der Waals surface area contributed by atoms with Gasteiger partial charge in [0.1, 0.15) is 5.76 Å². The van der Waals surface area contributed by atoms with Gasteiger partial charge < -0.3 is 9.73 Å². The molecule has 0 bridgehead atoms. The standard InChI is InChI=1S/C20H24N4O2S2/c1-13-5-3-7-24(10-13)11-15-12-28-20(21-15)23-18(25)9-16-14(2)26-19(22-16)17-6-4-8-27-17/h4,6,8,12-13H,3,5,7,9-11H2,1-2H3,(H,21,23,25). The zero-order valence-corrected chi connectivity index (χ0v) is 17.7. The number of nitrogens with zero attached hydrogens (tertiary/aromatic N) is 3. The molecule has 0 radical (unpaired) electrons. The first kappa shape index (κ1) is 19.3. The number of hydrogen-bond acceptors (Lipinski definition) is 7. The van der Waals surface area contributed by atoms with E-state index >= 15 is 0 Å². The maximum atomic E-state index is 12.4. The Balaban J connectivity index is 1.34. The van der Waals surface area contributed by atoms with Crippen LogP contribution in [-0.2, 0) is 17.8 Å². The van der Waals surface area contributed by atoms with E-state index in [1.54, 1.807) is 11.3 Å². The first-order chi connectivity index (χ1) is 13.6. The lowest BCUT2D eigenvalue weighted by Crippen LogP contribution is -2.33. The van der Waals surface area contributed by atoms with Crippen LogP contribution in [-0.4, -0.2) is 33.9 Å². The Bertz CT molecular complexity index is 932. The van der Waals surface area contributed by atoms with Gasteiger partial charge in [0, 0.05) is 18.5 Å². The molecule has 1 amide bonds. The number of rotatable bonds is 6. The molecule has 0 spiro atoms. The fourth-order valence-corrected chi connectivity index (χ4v) is 4.88. The van der Waals surface area contributed by atoms with Crippen molar-refractivity contribution >= 4 is 33.7 Å². The molecule has 4 heterocycles. The Labute approximate surface area is 172 Å². The molecule has 1 fully saturated rings. The summed E-state index contributed by atoms with van der Waals surface area (Å²) < 4.78 is 5.71. The maximum Gasteiger partial charge on any atom is 0.236 e. The number of piperidine rings is 1. The van der Waals surface area contributed by atoms with Crippen LogP contribution >= 0.6 is 22.7 Å². The molecule has 1 N–H and O–H groups in total. The number of nitrogens with one attached hydrogen (secondary N) is 1. The molecule has 1 saturated heterocycles. The third kappa shape index (κ3) is 4.68. The Morgan fingerprint density at radius 3 is 3.07 bits per heavy atom. The van der Waals surface area contributed by atoms with Crippen molar-refractivity contribution in [2.45, 2.75) is 39.7 Å². The predicted molar refractivity (Wildman–Crippen MR) is 113 cm³/mol. The lowest BCUT2D eigenvalue weighted by molar-refractivity contribution is -0.115. The van der Waals surface area contributed by atoms with Crippen molar-refractivity contribution in [2.75, 3.05) is 18.4 Å². The smallest absolute Gasteiger partial charge is 0.236 e. The van der Waals surface area contributed by atoms with Gasteiger partial charge in [-0.3, -0.25) is 9.69 Å². The van der Waals surface area contributed by atoms with E-state index in [9.17, 15) is 4.79 Å². The average molecular weight is 417 g/mol. The first-order valence-corrected chi connectivity index (χ1v) is 11.3. The number of thiazole rings is 1. The van der Waals surface area contributed by atoms with Gasteiger partial charge in [0.15, 0.2) is 5.13 Å². The highest BCUT2D eigenvalue weighted by Gasteiger charge is 2.19. The van der Waals surface area contributed by atoms with Gasteiger partial charge in [0.2, 0.25) is 11.8 Å². The van der Waals surface area contributed by atoms with Crippen LogP contribution in [0.1, 0.15) is 36.9 Å². The number of hydrogen-bond donors (Lipinski definition) is 1. The third-order valence-electron chi connectivity index (χ3n) is 4.88. The molecular weight excluding hydrogens is 392 g/mol. The van der Waals surface area contributed by atoms with Gasteiger partial charge in [-0.1, -0.05) is 13.0 Å². The molecule has 4 rings (SSSR count). The van der Waals surface area contributed by atoms with Gasteiger partial charge in [-0.25, -0.2) is 9.97 Å². The van der Waals surface area contributed by atoms with Crippen LogP contribution in [0.3, 0.4) is 0 Å². The van der Waals surface area contributed by atoms with Gasteiger partial charge in [-0.15, -0.1) is 22.7 Å². The Kier molecular flexibility index (Phi) is 5.89. The molecular formula is C20H24N4O2S2. The van der Waals surface area contributed by atoms with E-state index in [1.165, 1.54) is 24.2 Å². The Morgan fingerprint density at radius 2 is 2.29 bits per heavy atom. The lowest BCUT2D eigenvalue weighted by atomic mass is 10.0. The minimum absolute atomic E-state index is 0.123. The summed E-state index contributed by atoms with van der Waals surface area (Å²) in [5.41, 5.74) is 1.69. The zero-order valence-electron chi connectivity index (χ0n) is 16.1. The molecule has 8 heteroatoms. The summed E-state index contributed by atoms with van der Waals surface area (Å²) in [6.45, 7) is 7.24. The summed E-state index contributed by atoms with van der Waals surface area (Å²) >= 11 is 3.04. The molecule has 6 nitrogen and oxygen atoms in total. The van der Waals surface area contributed by atoms with Crippen molar-refractivity contribution in [3.8, 4) is 10.8 Å². The quantitative estimate of drug-likeness (QED) is 0.637. The number of carbonyl (C=O) groups is 1. The second kappa shape index (κ2) is 8.55. The van der Waals surface area contributed by atoms with Crippen molar-refractivity contribution in [1.29, 1.82) is 0 Å². The van der Waals surface area contributed by atoms with E-state index in [0.717, 1.165) is 36.1 Å². The van der Waals surface area contributed by atoms with Gasteiger partial charge in [-0.2, -0.15) is 0 Å². The van der Waals surface area contributed by atoms with Crippen LogP contribution in [0.15, 0.2) is 27.3 Å². The van der Waals surface area contributed by atoms with Crippen LogP contribution in [0, 0.1) is 12.8 Å². The highest BCUT2D eigenvalue weighted by molar-refractivity contribution is 7.14. The number of anilines is 1. The van der Waals surface area contributed by atoms with Crippen LogP contribution in [0.4, 0.5) is 5.13 Å². The largest absolute Gasteiger partial charge is 0.440 e. The predicted octanol–water partition coefficient (Wildman–Crippen LogP) is 4.58. The Hall–Kier alpha value is -2.03. The SMILES string of the molecule is Cc1oc(-c2cccs2)nc1CC(=O)Nc1nc(CN2CCCC(C)C2)cs1. The number of thiophene rings is 1. The van der Waals surface area contributed by atoms with Crippen molar-refractivity contribution in [3.05, 3.63) is 40.0 Å². The molecule has 3 aromatic rings. The van der Waals surface area contributed by atoms with Gasteiger partial charge >= 0.3 is 0 Å². The molecule has 28 heavy (non-hydrogen) atoms. The molecule has 1 aliphatic rings. The summed E-state index contributed by atoms with van der Waals surface area (Å²) in [6.07, 6.45) is 2.74. The molecule has 1 atom stereocenters. The van der Waals surface area contributed by atoms with Gasteiger partial charge in [0.05, 0.1) is 22.7 Å². The minimum Gasteiger partial charge on any atom is -0.440 e. The summed E-state index contributed by atoms with van der Waals surface area (Å²) in [6, 6.07) is 3.91. The fourth-order valence-electron chi connectivity index (χ4n) is 3.51. The molecule has 1 unspecified atom stereocenters. The van der Waals surface area contributed by atoms with E-state index < -0.39 is 0 Å². The van der Waals surface area contributed by atoms with Crippen molar-refractivity contribution < 1.29 is 9.21 Å². The maximum absolute atomic E-state index is 12.4. The van der Waals surface area contributed by atoms with Crippen molar-refractivity contribution in [3.63, 3.8) is 0 Å². The summed E-state index contributed by atoms with van der Waals surface area (Å²) in [7, 11) is 0. The highest BCUT2D eigenvalue weighted by atomic mass is 32.1. The summed E-state index contributed by atoms with van der Waals surface area (Å²) in [4.78, 5) is 24.9. The van der Waals surface area contributed by atoms with Gasteiger partial charge in [-0.05, 0) is 43.7 Å². The summed E-state index contributed by atoms with van der Waals surface area (Å²) in [5.74, 6) is 1.87. The zero-order chi connectivity index (χ0) is 19.5. The monoisotopic (exact) mass is 416 g/mol. The normalized spacial score (nSPS) is 17.7. The fraction of sp³-hybridized carbons (Fsp3) is 0.450. The molecule has 148 valence electrons. The molecule has 0 saturated carbocycles. The van der Waals surface area contributed by atoms with E-state index in [0.29, 0.717) is 22.5 Å². The second-order valence-corrected chi connectivity index (χ2v) is 9.16. The number of amides is 1. The number of aromatic nitrogens is 2. The van der Waals surface area contributed by atoms with Crippen molar-refractivity contribution in [2.24, 2.45) is 5.92 Å². The van der Waals surface area contributed by atoms with E-state index in [1.807, 2.05) is 29.8 Å². The van der Waals surface area contributed by atoms with E-state index in [2.05, 4.69) is 27.1 Å². The second-order valence-electron chi connectivity index (χ2n) is 7.35. The molecule has 1 aliphatic heterocycles. The lowest BCUT2D eigenvalue weighted by Gasteiger charge is -2.30. The molecule has 0 aliphatic carbocycles. The number of likely N-dealkylation sites (tertiary alicyclic amines) is 1. The van der Waals surface area contributed by atoms with Crippen LogP contribution in [0.25, 0.3) is 10.8 Å². The van der Waals surface area contributed by atoms with E-state index in [-0.39, 0.29) is 12.3 Å². The van der Waals surface area contributed by atoms with Gasteiger partial charge in [0.25, 0.3) is 0 Å².